The fourth-order valence-electron chi connectivity index (χ4n) is 3.51. The zero-order chi connectivity index (χ0) is 20.1. The number of hydrogen-bond acceptors (Lipinski definition) is 2. The third-order valence-corrected chi connectivity index (χ3v) is 5.28. The van der Waals surface area contributed by atoms with Crippen molar-refractivity contribution >= 4 is 21.5 Å². The molecule has 0 bridgehead atoms. The molecule has 0 spiro atoms. The minimum atomic E-state index is 0.0871. The van der Waals surface area contributed by atoms with E-state index in [1.807, 2.05) is 0 Å². The Morgan fingerprint density at radius 3 is 1.68 bits per heavy atom. The first-order valence-electron chi connectivity index (χ1n) is 10.7. The van der Waals surface area contributed by atoms with Crippen LogP contribution < -0.4 is 9.47 Å². The van der Waals surface area contributed by atoms with Gasteiger partial charge in [-0.25, -0.2) is 0 Å². The van der Waals surface area contributed by atoms with E-state index in [9.17, 15) is 0 Å². The van der Waals surface area contributed by atoms with Crippen LogP contribution in [0.3, 0.4) is 0 Å². The van der Waals surface area contributed by atoms with E-state index in [4.69, 9.17) is 9.47 Å². The number of unbranched alkanes of at least 4 members (excludes halogenated alkanes) is 2. The number of hydrogen-bond donors (Lipinski definition) is 0. The molecule has 0 atom stereocenters. The Balaban J connectivity index is 2.26. The van der Waals surface area contributed by atoms with Crippen LogP contribution in [0.4, 0.5) is 0 Å². The second kappa shape index (κ2) is 8.86. The maximum absolute atomic E-state index is 6.37. The van der Waals surface area contributed by atoms with Gasteiger partial charge in [-0.2, -0.15) is 0 Å². The Labute approximate surface area is 169 Å². The van der Waals surface area contributed by atoms with E-state index in [0.717, 1.165) is 71.9 Å². The largest absolute Gasteiger partial charge is 0.492 e. The molecular weight excluding hydrogens is 344 g/mol. The highest BCUT2D eigenvalue weighted by atomic mass is 16.5. The van der Waals surface area contributed by atoms with Crippen molar-refractivity contribution in [2.45, 2.75) is 65.7 Å². The second-order valence-corrected chi connectivity index (χ2v) is 8.62. The summed E-state index contributed by atoms with van der Waals surface area (Å²) in [5.41, 5.74) is 1.40. The Bertz CT molecular complexity index is 934. The van der Waals surface area contributed by atoms with Gasteiger partial charge in [-0.1, -0.05) is 83.9 Å². The molecule has 3 aromatic carbocycles. The minimum Gasteiger partial charge on any atom is -0.492 e. The van der Waals surface area contributed by atoms with Gasteiger partial charge >= 0.3 is 0 Å². The summed E-state index contributed by atoms with van der Waals surface area (Å²) in [6.07, 6.45) is 4.37. The van der Waals surface area contributed by atoms with Gasteiger partial charge in [-0.3, -0.25) is 0 Å². The lowest BCUT2D eigenvalue weighted by atomic mass is 9.85. The molecule has 0 N–H and O–H groups in total. The van der Waals surface area contributed by atoms with Crippen LogP contribution in [-0.4, -0.2) is 13.2 Å². The molecule has 0 amide bonds. The van der Waals surface area contributed by atoms with Crippen molar-refractivity contribution in [3.05, 3.63) is 48.0 Å². The summed E-state index contributed by atoms with van der Waals surface area (Å²) in [7, 11) is 0. The maximum Gasteiger partial charge on any atom is 0.135 e. The molecule has 0 aromatic heterocycles. The molecule has 28 heavy (non-hydrogen) atoms. The van der Waals surface area contributed by atoms with E-state index in [0.29, 0.717) is 0 Å². The molecule has 0 radical (unpaired) electrons. The molecule has 0 aliphatic heterocycles. The molecule has 0 fully saturated rings. The molecule has 2 heteroatoms. The van der Waals surface area contributed by atoms with Gasteiger partial charge in [0, 0.05) is 21.5 Å². The highest BCUT2D eigenvalue weighted by Gasteiger charge is 2.20. The van der Waals surface area contributed by atoms with Gasteiger partial charge in [0.2, 0.25) is 0 Å². The van der Waals surface area contributed by atoms with Crippen LogP contribution in [0, 0.1) is 0 Å². The monoisotopic (exact) mass is 378 g/mol. The van der Waals surface area contributed by atoms with E-state index in [-0.39, 0.29) is 5.41 Å². The summed E-state index contributed by atoms with van der Waals surface area (Å²) in [5.74, 6) is 1.98. The Morgan fingerprint density at radius 1 is 0.679 bits per heavy atom. The summed E-state index contributed by atoms with van der Waals surface area (Å²) in [4.78, 5) is 0. The molecule has 150 valence electrons. The highest BCUT2D eigenvalue weighted by molar-refractivity contribution is 6.11. The van der Waals surface area contributed by atoms with Crippen molar-refractivity contribution in [2.75, 3.05) is 13.2 Å². The standard InChI is InChI=1S/C26H34O2/c1-6-8-16-27-24-20-12-10-11-13-21(20)25(28-17-9-7-2)23-18-19(26(3,4)5)14-15-22(23)24/h10-15,18H,6-9,16-17H2,1-5H3. The molecule has 0 aliphatic rings. The first-order valence-corrected chi connectivity index (χ1v) is 10.7. The summed E-state index contributed by atoms with van der Waals surface area (Å²) >= 11 is 0. The van der Waals surface area contributed by atoms with Gasteiger partial charge in [0.15, 0.2) is 0 Å². The Morgan fingerprint density at radius 2 is 1.18 bits per heavy atom. The number of benzene rings is 3. The third kappa shape index (κ3) is 4.27. The van der Waals surface area contributed by atoms with E-state index in [1.54, 1.807) is 0 Å². The predicted octanol–water partition coefficient (Wildman–Crippen LogP) is 7.65. The third-order valence-electron chi connectivity index (χ3n) is 5.28. The lowest BCUT2D eigenvalue weighted by Crippen LogP contribution is -2.11. The highest BCUT2D eigenvalue weighted by Crippen LogP contribution is 2.44. The number of rotatable bonds is 8. The van der Waals surface area contributed by atoms with Crippen molar-refractivity contribution in [2.24, 2.45) is 0 Å². The van der Waals surface area contributed by atoms with Crippen molar-refractivity contribution in [1.29, 1.82) is 0 Å². The van der Waals surface area contributed by atoms with Crippen molar-refractivity contribution in [3.63, 3.8) is 0 Å². The van der Waals surface area contributed by atoms with E-state index < -0.39 is 0 Å². The van der Waals surface area contributed by atoms with Crippen LogP contribution in [0.25, 0.3) is 21.5 Å². The lowest BCUT2D eigenvalue weighted by molar-refractivity contribution is 0.311. The van der Waals surface area contributed by atoms with Gasteiger partial charge in [-0.05, 0) is 29.9 Å². The van der Waals surface area contributed by atoms with Crippen LogP contribution in [0.5, 0.6) is 11.5 Å². The van der Waals surface area contributed by atoms with Crippen molar-refractivity contribution in [3.8, 4) is 11.5 Å². The summed E-state index contributed by atoms with van der Waals surface area (Å²) in [5, 5.41) is 4.59. The average molecular weight is 379 g/mol. The zero-order valence-electron chi connectivity index (χ0n) is 18.1. The molecule has 0 aliphatic carbocycles. The molecular formula is C26H34O2. The minimum absolute atomic E-state index is 0.0871. The van der Waals surface area contributed by atoms with Crippen LogP contribution in [0.1, 0.15) is 65.9 Å². The quantitative estimate of drug-likeness (QED) is 0.296. The van der Waals surface area contributed by atoms with Crippen LogP contribution >= 0.6 is 0 Å². The fourth-order valence-corrected chi connectivity index (χ4v) is 3.51. The van der Waals surface area contributed by atoms with Gasteiger partial charge < -0.3 is 9.47 Å². The van der Waals surface area contributed by atoms with Gasteiger partial charge in [0.25, 0.3) is 0 Å². The van der Waals surface area contributed by atoms with E-state index in [1.165, 1.54) is 5.56 Å². The fraction of sp³-hybridized carbons (Fsp3) is 0.462. The Hall–Kier alpha value is -2.22. The number of ether oxygens (including phenoxy) is 2. The van der Waals surface area contributed by atoms with Crippen LogP contribution in [0.15, 0.2) is 42.5 Å². The first kappa shape index (κ1) is 20.5. The summed E-state index contributed by atoms with van der Waals surface area (Å²) < 4.78 is 12.7. The molecule has 0 saturated heterocycles. The smallest absolute Gasteiger partial charge is 0.135 e. The predicted molar refractivity (Wildman–Crippen MR) is 121 cm³/mol. The van der Waals surface area contributed by atoms with Crippen LogP contribution in [-0.2, 0) is 5.41 Å². The molecule has 3 rings (SSSR count). The molecule has 0 unspecified atom stereocenters. The van der Waals surface area contributed by atoms with Crippen molar-refractivity contribution < 1.29 is 9.47 Å². The lowest BCUT2D eigenvalue weighted by Gasteiger charge is -2.22. The SMILES string of the molecule is CCCCOc1c2ccccc2c(OCCCC)c2cc(C(C)(C)C)ccc12. The summed E-state index contributed by atoms with van der Waals surface area (Å²) in [6, 6.07) is 15.2. The molecule has 0 heterocycles. The Kier molecular flexibility index (Phi) is 6.49. The van der Waals surface area contributed by atoms with Crippen molar-refractivity contribution in [1.82, 2.24) is 0 Å². The van der Waals surface area contributed by atoms with Crippen LogP contribution in [0.2, 0.25) is 0 Å². The molecule has 3 aromatic rings. The molecule has 2 nitrogen and oxygen atoms in total. The maximum atomic E-state index is 6.37. The summed E-state index contributed by atoms with van der Waals surface area (Å²) in [6.45, 7) is 12.6. The van der Waals surface area contributed by atoms with E-state index >= 15 is 0 Å². The zero-order valence-corrected chi connectivity index (χ0v) is 18.1. The topological polar surface area (TPSA) is 18.5 Å². The van der Waals surface area contributed by atoms with E-state index in [2.05, 4.69) is 77.1 Å². The normalized spacial score (nSPS) is 11.9. The second-order valence-electron chi connectivity index (χ2n) is 8.62. The first-order chi connectivity index (χ1) is 13.5. The molecule has 0 saturated carbocycles. The van der Waals surface area contributed by atoms with Gasteiger partial charge in [0.05, 0.1) is 13.2 Å². The number of fused-ring (bicyclic) bond motifs is 2. The van der Waals surface area contributed by atoms with Gasteiger partial charge in [-0.15, -0.1) is 0 Å². The average Bonchev–Trinajstić information content (AvgIpc) is 2.68. The van der Waals surface area contributed by atoms with Gasteiger partial charge in [0.1, 0.15) is 11.5 Å².